The summed E-state index contributed by atoms with van der Waals surface area (Å²) in [4.78, 5) is 0. The topological polar surface area (TPSA) is 0 Å². The highest BCUT2D eigenvalue weighted by Crippen LogP contribution is 2.42. The molecule has 64 valence electrons. The van der Waals surface area contributed by atoms with Crippen LogP contribution in [0, 0.1) is 17.8 Å². The normalized spacial score (nSPS) is 47.7. The van der Waals surface area contributed by atoms with Gasteiger partial charge in [-0.15, -0.1) is 0 Å². The lowest BCUT2D eigenvalue weighted by Gasteiger charge is -2.40. The highest BCUT2D eigenvalue weighted by molar-refractivity contribution is 4.85. The van der Waals surface area contributed by atoms with Crippen molar-refractivity contribution in [3.8, 4) is 0 Å². The Labute approximate surface area is 70.0 Å². The van der Waals surface area contributed by atoms with Crippen molar-refractivity contribution in [3.05, 3.63) is 0 Å². The maximum Gasteiger partial charge on any atom is 0.0813 e. The van der Waals surface area contributed by atoms with E-state index in [1.165, 1.54) is 30.4 Å². The molecule has 1 heterocycles. The minimum Gasteiger partial charge on any atom is -0.328 e. The lowest BCUT2D eigenvalue weighted by Crippen LogP contribution is -2.51. The van der Waals surface area contributed by atoms with E-state index in [1.54, 1.807) is 0 Å². The number of hydrogen-bond donors (Lipinski definition) is 0. The summed E-state index contributed by atoms with van der Waals surface area (Å²) in [5.41, 5.74) is 0. The third-order valence-corrected chi connectivity index (χ3v) is 3.85. The Bertz CT molecular complexity index is 146. The minimum atomic E-state index is 1.03. The Morgan fingerprint density at radius 1 is 1.00 bits per heavy atom. The standard InChI is InChI=1S/C10H20N/c1-8-9-4-5-10(8)7-11(2,3)6-9/h8-10H,4-7H2,1-3H3/q+1. The van der Waals surface area contributed by atoms with Crippen molar-refractivity contribution in [2.75, 3.05) is 27.2 Å². The molecule has 1 heteroatoms. The molecule has 1 saturated heterocycles. The molecule has 1 aliphatic heterocycles. The third-order valence-electron chi connectivity index (χ3n) is 3.85. The van der Waals surface area contributed by atoms with Crippen molar-refractivity contribution >= 4 is 0 Å². The van der Waals surface area contributed by atoms with E-state index in [0.717, 1.165) is 17.8 Å². The largest absolute Gasteiger partial charge is 0.328 e. The van der Waals surface area contributed by atoms with Gasteiger partial charge in [0.15, 0.2) is 0 Å². The number of fused-ring (bicyclic) bond motifs is 2. The zero-order valence-corrected chi connectivity index (χ0v) is 8.01. The number of nitrogens with zero attached hydrogens (tertiary/aromatic N) is 1. The Morgan fingerprint density at radius 3 is 1.91 bits per heavy atom. The first-order valence-corrected chi connectivity index (χ1v) is 4.90. The molecule has 0 aromatic rings. The van der Waals surface area contributed by atoms with E-state index in [-0.39, 0.29) is 0 Å². The average Bonchev–Trinajstić information content (AvgIpc) is 2.19. The van der Waals surface area contributed by atoms with Crippen molar-refractivity contribution in [2.45, 2.75) is 19.8 Å². The molecule has 2 aliphatic rings. The molecule has 2 fully saturated rings. The molecule has 0 N–H and O–H groups in total. The smallest absolute Gasteiger partial charge is 0.0813 e. The average molecular weight is 154 g/mol. The van der Waals surface area contributed by atoms with Crippen LogP contribution < -0.4 is 0 Å². The molecule has 1 nitrogen and oxygen atoms in total. The predicted octanol–water partition coefficient (Wildman–Crippen LogP) is 1.74. The van der Waals surface area contributed by atoms with Crippen molar-refractivity contribution in [2.24, 2.45) is 17.8 Å². The third kappa shape index (κ3) is 1.20. The van der Waals surface area contributed by atoms with E-state index in [2.05, 4.69) is 21.0 Å². The summed E-state index contributed by atoms with van der Waals surface area (Å²) in [6.07, 6.45) is 3.01. The monoisotopic (exact) mass is 154 g/mol. The van der Waals surface area contributed by atoms with Crippen LogP contribution in [0.5, 0.6) is 0 Å². The summed E-state index contributed by atoms with van der Waals surface area (Å²) < 4.78 is 1.28. The number of piperidine rings is 1. The second-order valence-electron chi connectivity index (χ2n) is 5.26. The van der Waals surface area contributed by atoms with Gasteiger partial charge in [0, 0.05) is 11.8 Å². The fourth-order valence-electron chi connectivity index (χ4n) is 3.20. The van der Waals surface area contributed by atoms with Crippen LogP contribution in [-0.2, 0) is 0 Å². The highest BCUT2D eigenvalue weighted by atomic mass is 15.3. The van der Waals surface area contributed by atoms with E-state index in [1.807, 2.05) is 0 Å². The Hall–Kier alpha value is -0.0400. The maximum atomic E-state index is 2.46. The van der Waals surface area contributed by atoms with E-state index in [4.69, 9.17) is 0 Å². The first-order chi connectivity index (χ1) is 5.08. The van der Waals surface area contributed by atoms with Crippen LogP contribution in [0.25, 0.3) is 0 Å². The highest BCUT2D eigenvalue weighted by Gasteiger charge is 2.44. The van der Waals surface area contributed by atoms with Crippen LogP contribution in [0.15, 0.2) is 0 Å². The van der Waals surface area contributed by atoms with Crippen molar-refractivity contribution < 1.29 is 4.48 Å². The molecule has 2 unspecified atom stereocenters. The van der Waals surface area contributed by atoms with Crippen LogP contribution >= 0.6 is 0 Å². The van der Waals surface area contributed by atoms with Crippen LogP contribution in [0.1, 0.15) is 19.8 Å². The molecule has 0 aromatic carbocycles. The van der Waals surface area contributed by atoms with Crippen LogP contribution in [0.2, 0.25) is 0 Å². The first-order valence-electron chi connectivity index (χ1n) is 4.90. The van der Waals surface area contributed by atoms with Gasteiger partial charge in [-0.05, 0) is 18.8 Å². The summed E-state index contributed by atoms with van der Waals surface area (Å²) in [7, 11) is 4.77. The van der Waals surface area contributed by atoms with Gasteiger partial charge < -0.3 is 4.48 Å². The predicted molar refractivity (Wildman–Crippen MR) is 47.2 cm³/mol. The second kappa shape index (κ2) is 2.22. The molecule has 1 saturated carbocycles. The molecule has 2 rings (SSSR count). The SMILES string of the molecule is CC1C2CCC1C[N+](C)(C)C2. The van der Waals surface area contributed by atoms with Gasteiger partial charge in [-0.1, -0.05) is 6.92 Å². The van der Waals surface area contributed by atoms with Gasteiger partial charge >= 0.3 is 0 Å². The number of rotatable bonds is 0. The van der Waals surface area contributed by atoms with E-state index < -0.39 is 0 Å². The van der Waals surface area contributed by atoms with Crippen LogP contribution in [-0.4, -0.2) is 31.7 Å². The second-order valence-corrected chi connectivity index (χ2v) is 5.26. The van der Waals surface area contributed by atoms with Gasteiger partial charge in [0.1, 0.15) is 0 Å². The number of likely N-dealkylation sites (tertiary alicyclic amines) is 1. The maximum absolute atomic E-state index is 2.46. The number of quaternary nitrogens is 1. The van der Waals surface area contributed by atoms with Crippen molar-refractivity contribution in [1.29, 1.82) is 0 Å². The quantitative estimate of drug-likeness (QED) is 0.466. The van der Waals surface area contributed by atoms with Crippen molar-refractivity contribution in [1.82, 2.24) is 0 Å². The van der Waals surface area contributed by atoms with E-state index in [0.29, 0.717) is 0 Å². The van der Waals surface area contributed by atoms with Gasteiger partial charge in [-0.25, -0.2) is 0 Å². The zero-order chi connectivity index (χ0) is 8.06. The van der Waals surface area contributed by atoms with Gasteiger partial charge in [0.25, 0.3) is 0 Å². The molecule has 0 spiro atoms. The Morgan fingerprint density at radius 2 is 1.45 bits per heavy atom. The lowest BCUT2D eigenvalue weighted by atomic mass is 9.86. The van der Waals surface area contributed by atoms with Crippen LogP contribution in [0.3, 0.4) is 0 Å². The molecule has 11 heavy (non-hydrogen) atoms. The van der Waals surface area contributed by atoms with Gasteiger partial charge in [-0.2, -0.15) is 0 Å². The van der Waals surface area contributed by atoms with Gasteiger partial charge in [-0.3, -0.25) is 0 Å². The zero-order valence-electron chi connectivity index (χ0n) is 8.01. The van der Waals surface area contributed by atoms with E-state index >= 15 is 0 Å². The van der Waals surface area contributed by atoms with E-state index in [9.17, 15) is 0 Å². The molecule has 1 aliphatic carbocycles. The summed E-state index contributed by atoms with van der Waals surface area (Å²) in [5.74, 6) is 3.12. The fourth-order valence-corrected chi connectivity index (χ4v) is 3.20. The first kappa shape index (κ1) is 7.60. The number of hydrogen-bond acceptors (Lipinski definition) is 0. The molecule has 0 radical (unpaired) electrons. The summed E-state index contributed by atoms with van der Waals surface area (Å²) in [6, 6.07) is 0. The molecule has 2 bridgehead atoms. The molecule has 0 amide bonds. The Balaban J connectivity index is 2.14. The minimum absolute atomic E-state index is 1.03. The summed E-state index contributed by atoms with van der Waals surface area (Å²) in [6.45, 7) is 5.32. The van der Waals surface area contributed by atoms with Gasteiger partial charge in [0.2, 0.25) is 0 Å². The Kier molecular flexibility index (Phi) is 1.54. The summed E-state index contributed by atoms with van der Waals surface area (Å²) in [5, 5.41) is 0. The molecule has 2 atom stereocenters. The molecule has 0 aromatic heterocycles. The fraction of sp³-hybridized carbons (Fsp3) is 1.00. The van der Waals surface area contributed by atoms with Crippen molar-refractivity contribution in [3.63, 3.8) is 0 Å². The summed E-state index contributed by atoms with van der Waals surface area (Å²) >= 11 is 0. The van der Waals surface area contributed by atoms with Crippen LogP contribution in [0.4, 0.5) is 0 Å². The molecular weight excluding hydrogens is 134 g/mol. The molecular formula is C10H20N+. The lowest BCUT2D eigenvalue weighted by molar-refractivity contribution is -0.902. The van der Waals surface area contributed by atoms with Gasteiger partial charge in [0.05, 0.1) is 27.2 Å².